The van der Waals surface area contributed by atoms with Gasteiger partial charge >= 0.3 is 0 Å². The van der Waals surface area contributed by atoms with Crippen molar-refractivity contribution in [3.8, 4) is 0 Å². The van der Waals surface area contributed by atoms with Crippen LogP contribution in [0.3, 0.4) is 0 Å². The average molecular weight is 316 g/mol. The number of carbonyl (C=O) groups excluding carboxylic acids is 1. The topological polar surface area (TPSA) is 52.6 Å². The van der Waals surface area contributed by atoms with Crippen LogP contribution in [0, 0.1) is 18.3 Å². The normalized spacial score (nSPS) is 34.7. The number of hydrogen-bond acceptors (Lipinski definition) is 3. The summed E-state index contributed by atoms with van der Waals surface area (Å²) < 4.78 is 0. The van der Waals surface area contributed by atoms with Crippen LogP contribution in [-0.2, 0) is 4.79 Å². The molecule has 4 heteroatoms. The van der Waals surface area contributed by atoms with Gasteiger partial charge in [0.1, 0.15) is 0 Å². The fourth-order valence-electron chi connectivity index (χ4n) is 5.13. The first-order chi connectivity index (χ1) is 10.6. The van der Waals surface area contributed by atoms with E-state index in [1.54, 1.807) is 6.92 Å². The minimum absolute atomic E-state index is 0.0107. The predicted octanol–water partition coefficient (Wildman–Crippen LogP) is 3.62. The van der Waals surface area contributed by atoms with Gasteiger partial charge in [-0.3, -0.25) is 15.1 Å². The maximum absolute atomic E-state index is 11.7. The van der Waals surface area contributed by atoms with Gasteiger partial charge in [-0.2, -0.15) is 0 Å². The molecule has 23 heavy (non-hydrogen) atoms. The van der Waals surface area contributed by atoms with Gasteiger partial charge in [0.15, 0.2) is 0 Å². The van der Waals surface area contributed by atoms with E-state index in [1.807, 2.05) is 6.92 Å². The van der Waals surface area contributed by atoms with Crippen molar-refractivity contribution in [2.45, 2.75) is 65.5 Å². The van der Waals surface area contributed by atoms with E-state index in [1.165, 1.54) is 10.6 Å². The molecular formula is C19H28N2O2. The molecule has 2 aliphatic rings. The maximum atomic E-state index is 11.7. The van der Waals surface area contributed by atoms with E-state index < -0.39 is 0 Å². The molecule has 4 nitrogen and oxygen atoms in total. The van der Waals surface area contributed by atoms with Crippen molar-refractivity contribution in [2.24, 2.45) is 11.3 Å². The number of hydrogen-bond donors (Lipinski definition) is 2. The summed E-state index contributed by atoms with van der Waals surface area (Å²) in [7, 11) is 0. The van der Waals surface area contributed by atoms with Gasteiger partial charge in [-0.05, 0) is 48.8 Å². The van der Waals surface area contributed by atoms with Gasteiger partial charge in [-0.25, -0.2) is 0 Å². The lowest BCUT2D eigenvalue weighted by Crippen LogP contribution is -2.63. The Labute approximate surface area is 138 Å². The highest BCUT2D eigenvalue weighted by Gasteiger charge is 2.58. The highest BCUT2D eigenvalue weighted by Crippen LogP contribution is 2.58. The SMILES string of the molecule is CC(=O)N[C@@]1(C)CC(C)(C)C2C(c3ccc(C)cc3N2O)C1C. The van der Waals surface area contributed by atoms with Crippen LogP contribution in [0.4, 0.5) is 5.69 Å². The number of carbonyl (C=O) groups is 1. The third-order valence-electron chi connectivity index (χ3n) is 6.02. The fourth-order valence-corrected chi connectivity index (χ4v) is 5.13. The number of amides is 1. The van der Waals surface area contributed by atoms with Crippen molar-refractivity contribution in [1.82, 2.24) is 5.32 Å². The third-order valence-corrected chi connectivity index (χ3v) is 6.02. The standard InChI is InChI=1S/C19H28N2O2/c1-11-7-8-14-15(9-11)21(23)17-16(14)12(2)19(6,20-13(3)22)10-18(17,4)5/h7-9,12,16-17,23H,10H2,1-6H3,(H,20,22)/t12?,16?,17?,19-/m0/s1. The molecule has 2 N–H and O–H groups in total. The Bertz CT molecular complexity index is 655. The maximum Gasteiger partial charge on any atom is 0.217 e. The summed E-state index contributed by atoms with van der Waals surface area (Å²) in [4.78, 5) is 11.7. The zero-order valence-electron chi connectivity index (χ0n) is 15.0. The van der Waals surface area contributed by atoms with Crippen LogP contribution >= 0.6 is 0 Å². The summed E-state index contributed by atoms with van der Waals surface area (Å²) >= 11 is 0. The highest BCUT2D eigenvalue weighted by atomic mass is 16.5. The minimum atomic E-state index is -0.274. The van der Waals surface area contributed by atoms with Crippen molar-refractivity contribution in [2.75, 3.05) is 5.06 Å². The van der Waals surface area contributed by atoms with Crippen LogP contribution in [0.2, 0.25) is 0 Å². The first-order valence-electron chi connectivity index (χ1n) is 8.44. The molecule has 0 aromatic heterocycles. The van der Waals surface area contributed by atoms with Crippen molar-refractivity contribution in [3.63, 3.8) is 0 Å². The number of benzene rings is 1. The quantitative estimate of drug-likeness (QED) is 0.832. The van der Waals surface area contributed by atoms with Crippen LogP contribution in [0.15, 0.2) is 18.2 Å². The number of rotatable bonds is 1. The molecule has 1 heterocycles. The van der Waals surface area contributed by atoms with Gasteiger partial charge in [-0.15, -0.1) is 0 Å². The van der Waals surface area contributed by atoms with Crippen molar-refractivity contribution in [3.05, 3.63) is 29.3 Å². The average Bonchev–Trinajstić information content (AvgIpc) is 2.69. The molecule has 1 amide bonds. The number of aryl methyl sites for hydroxylation is 1. The van der Waals surface area contributed by atoms with Gasteiger partial charge in [0, 0.05) is 18.4 Å². The van der Waals surface area contributed by atoms with Crippen LogP contribution in [-0.4, -0.2) is 22.7 Å². The van der Waals surface area contributed by atoms with Crippen molar-refractivity contribution >= 4 is 11.6 Å². The van der Waals surface area contributed by atoms with Gasteiger partial charge < -0.3 is 5.32 Å². The van der Waals surface area contributed by atoms with E-state index in [0.29, 0.717) is 0 Å². The smallest absolute Gasteiger partial charge is 0.217 e. The molecule has 3 rings (SSSR count). The summed E-state index contributed by atoms with van der Waals surface area (Å²) in [6.45, 7) is 12.4. The second-order valence-corrected chi connectivity index (χ2v) is 8.43. The highest BCUT2D eigenvalue weighted by molar-refractivity contribution is 5.74. The van der Waals surface area contributed by atoms with Gasteiger partial charge in [-0.1, -0.05) is 32.9 Å². The molecule has 1 aliphatic heterocycles. The zero-order chi connectivity index (χ0) is 17.2. The monoisotopic (exact) mass is 316 g/mol. The Morgan fingerprint density at radius 2 is 2.00 bits per heavy atom. The largest absolute Gasteiger partial charge is 0.351 e. The first-order valence-corrected chi connectivity index (χ1v) is 8.44. The second-order valence-electron chi connectivity index (χ2n) is 8.43. The molecule has 4 atom stereocenters. The summed E-state index contributed by atoms with van der Waals surface area (Å²) in [5.74, 6) is 0.454. The summed E-state index contributed by atoms with van der Waals surface area (Å²) in [5.41, 5.74) is 2.88. The molecule has 1 saturated carbocycles. The van der Waals surface area contributed by atoms with Crippen molar-refractivity contribution < 1.29 is 10.0 Å². The van der Waals surface area contributed by atoms with E-state index >= 15 is 0 Å². The molecule has 1 aromatic carbocycles. The number of nitrogens with zero attached hydrogens (tertiary/aromatic N) is 1. The van der Waals surface area contributed by atoms with Gasteiger partial charge in [0.25, 0.3) is 0 Å². The van der Waals surface area contributed by atoms with Gasteiger partial charge in [0.2, 0.25) is 5.91 Å². The molecule has 0 saturated heterocycles. The molecular weight excluding hydrogens is 288 g/mol. The zero-order valence-corrected chi connectivity index (χ0v) is 15.0. The Morgan fingerprint density at radius 1 is 1.35 bits per heavy atom. The molecule has 126 valence electrons. The molecule has 0 bridgehead atoms. The Morgan fingerprint density at radius 3 is 2.61 bits per heavy atom. The van der Waals surface area contributed by atoms with E-state index in [-0.39, 0.29) is 34.7 Å². The lowest BCUT2D eigenvalue weighted by Gasteiger charge is -2.54. The second kappa shape index (κ2) is 4.97. The van der Waals surface area contributed by atoms with Crippen molar-refractivity contribution in [1.29, 1.82) is 0 Å². The van der Waals surface area contributed by atoms with E-state index in [0.717, 1.165) is 17.7 Å². The lowest BCUT2D eigenvalue weighted by molar-refractivity contribution is -0.123. The minimum Gasteiger partial charge on any atom is -0.351 e. The molecule has 1 aliphatic carbocycles. The number of hydroxylamine groups is 1. The Kier molecular flexibility index (Phi) is 3.53. The molecule has 0 radical (unpaired) electrons. The summed E-state index contributed by atoms with van der Waals surface area (Å²) in [5, 5.41) is 15.5. The van der Waals surface area contributed by atoms with Crippen LogP contribution < -0.4 is 10.4 Å². The molecule has 0 spiro atoms. The predicted molar refractivity (Wildman–Crippen MR) is 91.8 cm³/mol. The first kappa shape index (κ1) is 16.3. The summed E-state index contributed by atoms with van der Waals surface area (Å²) in [6, 6.07) is 6.35. The molecule has 1 aromatic rings. The number of anilines is 1. The number of nitrogens with one attached hydrogen (secondary N) is 1. The summed E-state index contributed by atoms with van der Waals surface area (Å²) in [6.07, 6.45) is 0.839. The van der Waals surface area contributed by atoms with E-state index in [4.69, 9.17) is 0 Å². The lowest BCUT2D eigenvalue weighted by atomic mass is 9.56. The van der Waals surface area contributed by atoms with Crippen LogP contribution in [0.5, 0.6) is 0 Å². The number of fused-ring (bicyclic) bond motifs is 3. The van der Waals surface area contributed by atoms with Crippen LogP contribution in [0.1, 0.15) is 58.1 Å². The Balaban J connectivity index is 2.12. The van der Waals surface area contributed by atoms with E-state index in [9.17, 15) is 10.0 Å². The van der Waals surface area contributed by atoms with E-state index in [2.05, 4.69) is 51.2 Å². The molecule has 1 fully saturated rings. The third kappa shape index (κ3) is 2.35. The van der Waals surface area contributed by atoms with Crippen LogP contribution in [0.25, 0.3) is 0 Å². The molecule has 3 unspecified atom stereocenters. The Hall–Kier alpha value is -1.55. The van der Waals surface area contributed by atoms with Gasteiger partial charge in [0.05, 0.1) is 11.7 Å². The fraction of sp³-hybridized carbons (Fsp3) is 0.632.